The van der Waals surface area contributed by atoms with Crippen LogP contribution in [0.15, 0.2) is 30.3 Å². The second-order valence-electron chi connectivity index (χ2n) is 5.39. The Labute approximate surface area is 171 Å². The van der Waals surface area contributed by atoms with Gasteiger partial charge in [-0.1, -0.05) is 43.6 Å². The monoisotopic (exact) mass is 341 g/mol. The van der Waals surface area contributed by atoms with Crippen LogP contribution in [0.25, 0.3) is 0 Å². The number of hydrogen-bond donors (Lipinski definition) is 1. The Morgan fingerprint density at radius 3 is 2.18 bits per heavy atom. The van der Waals surface area contributed by atoms with Gasteiger partial charge >= 0.3 is 58.4 Å². The fourth-order valence-electron chi connectivity index (χ4n) is 2.19. The molecule has 1 N–H and O–H groups in total. The maximum absolute atomic E-state index is 12.4. The van der Waals surface area contributed by atoms with E-state index in [9.17, 15) is 22.8 Å². The summed E-state index contributed by atoms with van der Waals surface area (Å²) in [7, 11) is 1.42. The molecule has 0 spiro atoms. The van der Waals surface area contributed by atoms with Crippen LogP contribution in [-0.2, 0) is 4.79 Å². The minimum Gasteiger partial charge on any atom is -0.449 e. The second-order valence-corrected chi connectivity index (χ2v) is 5.39. The summed E-state index contributed by atoms with van der Waals surface area (Å²) in [6.45, 7) is -2.13. The smallest absolute Gasteiger partial charge is 0.449 e. The van der Waals surface area contributed by atoms with E-state index in [1.165, 1.54) is 18.9 Å². The van der Waals surface area contributed by atoms with E-state index in [1.807, 2.05) is 0 Å². The van der Waals surface area contributed by atoms with E-state index in [-0.39, 0.29) is 51.4 Å². The number of benzene rings is 1. The number of amides is 1. The average Bonchev–Trinajstić information content (AvgIpc) is 2.43. The largest absolute Gasteiger partial charge is 1.00 e. The van der Waals surface area contributed by atoms with Gasteiger partial charge in [0, 0.05) is 13.0 Å². The van der Waals surface area contributed by atoms with Crippen LogP contribution < -0.4 is 51.4 Å². The molecule has 0 heterocycles. The first-order valence-electron chi connectivity index (χ1n) is 6.84. The zero-order chi connectivity index (χ0) is 16.2. The molecule has 8 heteroatoms. The minimum absolute atomic E-state index is 0. The molecule has 3 atom stereocenters. The van der Waals surface area contributed by atoms with Gasteiger partial charge in [-0.15, -0.1) is 0 Å². The SMILES string of the molecule is C[C@H]([C@H](O)c1ccccc1)N(C)C(=O)[C@@H](C)C[B-](F)(F)F.[K+]. The van der Waals surface area contributed by atoms with Crippen LogP contribution in [0.4, 0.5) is 12.9 Å². The van der Waals surface area contributed by atoms with Crippen molar-refractivity contribution in [2.45, 2.75) is 32.3 Å². The third-order valence-electron chi connectivity index (χ3n) is 3.60. The number of carbonyl (C=O) groups is 1. The first-order valence-corrected chi connectivity index (χ1v) is 6.84. The normalized spacial score (nSPS) is 15.4. The summed E-state index contributed by atoms with van der Waals surface area (Å²) >= 11 is 0. The van der Waals surface area contributed by atoms with Crippen LogP contribution in [-0.4, -0.2) is 36.0 Å². The first kappa shape index (κ1) is 22.1. The van der Waals surface area contributed by atoms with E-state index in [1.54, 1.807) is 37.3 Å². The minimum atomic E-state index is -5.00. The van der Waals surface area contributed by atoms with Gasteiger partial charge in [0.15, 0.2) is 0 Å². The molecule has 0 bridgehead atoms. The van der Waals surface area contributed by atoms with Crippen LogP contribution in [0.5, 0.6) is 0 Å². The van der Waals surface area contributed by atoms with Crippen molar-refractivity contribution in [2.24, 2.45) is 5.92 Å². The van der Waals surface area contributed by atoms with Crippen LogP contribution in [0.1, 0.15) is 25.5 Å². The molecular weight excluding hydrogens is 321 g/mol. The van der Waals surface area contributed by atoms with Crippen molar-refractivity contribution in [3.05, 3.63) is 35.9 Å². The van der Waals surface area contributed by atoms with E-state index >= 15 is 0 Å². The second kappa shape index (κ2) is 9.44. The van der Waals surface area contributed by atoms with Crippen molar-refractivity contribution in [1.82, 2.24) is 4.90 Å². The molecule has 0 saturated heterocycles. The maximum atomic E-state index is 12.4. The zero-order valence-corrected chi connectivity index (χ0v) is 16.5. The number of halogens is 3. The Kier molecular flexibility index (Phi) is 9.50. The predicted molar refractivity (Wildman–Crippen MR) is 76.7 cm³/mol. The summed E-state index contributed by atoms with van der Waals surface area (Å²) in [5, 5.41) is 10.2. The molecule has 0 aromatic heterocycles. The molecule has 0 unspecified atom stereocenters. The van der Waals surface area contributed by atoms with Crippen LogP contribution in [0.3, 0.4) is 0 Å². The predicted octanol–water partition coefficient (Wildman–Crippen LogP) is 0.0544. The number of aliphatic hydroxyl groups is 1. The van der Waals surface area contributed by atoms with Crippen molar-refractivity contribution in [3.63, 3.8) is 0 Å². The summed E-state index contributed by atoms with van der Waals surface area (Å²) in [6, 6.07) is 8.11. The Bertz CT molecular complexity index is 473. The van der Waals surface area contributed by atoms with E-state index < -0.39 is 37.3 Å². The third-order valence-corrected chi connectivity index (χ3v) is 3.60. The number of aliphatic hydroxyl groups excluding tert-OH is 1. The number of carbonyl (C=O) groups excluding carboxylic acids is 1. The molecular formula is C14H20BF3KNO2. The van der Waals surface area contributed by atoms with Gasteiger partial charge in [0.1, 0.15) is 0 Å². The van der Waals surface area contributed by atoms with Gasteiger partial charge in [0.25, 0.3) is 0 Å². The number of nitrogens with zero attached hydrogens (tertiary/aromatic N) is 1. The number of hydrogen-bond acceptors (Lipinski definition) is 2. The quantitative estimate of drug-likeness (QED) is 0.743. The van der Waals surface area contributed by atoms with Crippen molar-refractivity contribution < 1.29 is 74.2 Å². The summed E-state index contributed by atoms with van der Waals surface area (Å²) in [5.41, 5.74) is 0.623. The molecule has 0 aliphatic heterocycles. The average molecular weight is 341 g/mol. The van der Waals surface area contributed by atoms with Crippen molar-refractivity contribution in [3.8, 4) is 0 Å². The van der Waals surface area contributed by atoms with Crippen molar-refractivity contribution >= 4 is 12.9 Å². The topological polar surface area (TPSA) is 40.5 Å². The summed E-state index contributed by atoms with van der Waals surface area (Å²) in [5.74, 6) is -1.75. The van der Waals surface area contributed by atoms with Crippen LogP contribution >= 0.6 is 0 Å². The molecule has 118 valence electrons. The van der Waals surface area contributed by atoms with Gasteiger partial charge in [-0.3, -0.25) is 4.79 Å². The standard InChI is InChI=1S/C14H20BF3NO2.K/c1-10(9-15(16,17)18)14(21)19(3)11(2)13(20)12-7-5-4-6-8-12;/h4-8,10-11,13,20H,9H2,1-3H3;/q-1;+1/t10-,11+,13-;/m0./s1. The number of rotatable bonds is 6. The Morgan fingerprint density at radius 1 is 1.23 bits per heavy atom. The summed E-state index contributed by atoms with van der Waals surface area (Å²) in [4.78, 5) is 13.2. The molecule has 0 radical (unpaired) electrons. The molecule has 3 nitrogen and oxygen atoms in total. The van der Waals surface area contributed by atoms with Gasteiger partial charge in [-0.05, 0) is 12.5 Å². The number of likely N-dealkylation sites (N-methyl/N-ethyl adjacent to an activating group) is 1. The van der Waals surface area contributed by atoms with Gasteiger partial charge in [0.2, 0.25) is 5.91 Å². The van der Waals surface area contributed by atoms with Gasteiger partial charge in [-0.2, -0.15) is 0 Å². The van der Waals surface area contributed by atoms with E-state index in [0.717, 1.165) is 0 Å². The summed E-state index contributed by atoms with van der Waals surface area (Å²) < 4.78 is 37.2. The molecule has 0 saturated carbocycles. The van der Waals surface area contributed by atoms with Gasteiger partial charge in [-0.25, -0.2) is 0 Å². The maximum Gasteiger partial charge on any atom is 1.00 e. The fraction of sp³-hybridized carbons (Fsp3) is 0.500. The molecule has 1 rings (SSSR count). The third kappa shape index (κ3) is 6.72. The Balaban J connectivity index is 0.00000441. The Morgan fingerprint density at radius 2 is 1.73 bits per heavy atom. The zero-order valence-electron chi connectivity index (χ0n) is 13.3. The van der Waals surface area contributed by atoms with Crippen molar-refractivity contribution in [2.75, 3.05) is 7.05 Å². The van der Waals surface area contributed by atoms with E-state index in [0.29, 0.717) is 5.56 Å². The van der Waals surface area contributed by atoms with Gasteiger partial charge < -0.3 is 23.0 Å². The van der Waals surface area contributed by atoms with Gasteiger partial charge in [0.05, 0.1) is 12.1 Å². The molecule has 0 aliphatic rings. The molecule has 1 amide bonds. The van der Waals surface area contributed by atoms with Crippen LogP contribution in [0.2, 0.25) is 6.32 Å². The van der Waals surface area contributed by atoms with E-state index in [4.69, 9.17) is 0 Å². The summed E-state index contributed by atoms with van der Waals surface area (Å²) in [6.07, 6.45) is -2.04. The Hall–Kier alpha value is 0.141. The molecule has 22 heavy (non-hydrogen) atoms. The molecule has 1 aromatic carbocycles. The van der Waals surface area contributed by atoms with Crippen molar-refractivity contribution in [1.29, 1.82) is 0 Å². The molecule has 0 aliphatic carbocycles. The first-order chi connectivity index (χ1) is 9.63. The molecule has 1 aromatic rings. The van der Waals surface area contributed by atoms with E-state index in [2.05, 4.69) is 0 Å². The molecule has 0 fully saturated rings. The van der Waals surface area contributed by atoms with Crippen LogP contribution in [0, 0.1) is 5.92 Å². The fourth-order valence-corrected chi connectivity index (χ4v) is 2.19.